The third-order valence-electron chi connectivity index (χ3n) is 5.81. The van der Waals surface area contributed by atoms with Gasteiger partial charge in [-0.15, -0.1) is 0 Å². The van der Waals surface area contributed by atoms with E-state index in [9.17, 15) is 13.2 Å². The van der Waals surface area contributed by atoms with E-state index in [1.807, 2.05) is 6.07 Å². The second-order valence-corrected chi connectivity index (χ2v) is 9.71. The van der Waals surface area contributed by atoms with Crippen molar-refractivity contribution in [3.63, 3.8) is 0 Å². The number of nitrogens with zero attached hydrogens (tertiary/aromatic N) is 3. The number of sulfonamides is 1. The molecule has 2 fully saturated rings. The first-order valence-corrected chi connectivity index (χ1v) is 12.0. The van der Waals surface area contributed by atoms with E-state index in [1.165, 1.54) is 0 Å². The molecule has 0 saturated carbocycles. The Morgan fingerprint density at radius 2 is 2.00 bits per heavy atom. The molecule has 0 spiro atoms. The van der Waals surface area contributed by atoms with Gasteiger partial charge in [0.2, 0.25) is 10.0 Å². The van der Waals surface area contributed by atoms with Gasteiger partial charge < -0.3 is 19.3 Å². The summed E-state index contributed by atoms with van der Waals surface area (Å²) in [5, 5.41) is 0. The number of carbonyl (C=O) groups is 1. The van der Waals surface area contributed by atoms with Gasteiger partial charge in [-0.05, 0) is 37.8 Å². The molecule has 1 aromatic heterocycles. The van der Waals surface area contributed by atoms with Crippen LogP contribution in [-0.2, 0) is 19.6 Å². The predicted molar refractivity (Wildman–Crippen MR) is 107 cm³/mol. The minimum absolute atomic E-state index is 0.0813. The molecule has 29 heavy (non-hydrogen) atoms. The number of hydrogen-bond acceptors (Lipinski definition) is 7. The van der Waals surface area contributed by atoms with Gasteiger partial charge in [-0.2, -0.15) is 0 Å². The van der Waals surface area contributed by atoms with Crippen molar-refractivity contribution in [2.75, 3.05) is 44.0 Å². The summed E-state index contributed by atoms with van der Waals surface area (Å²) in [4.78, 5) is 21.3. The number of carbonyl (C=O) groups excluding carboxylic acids is 1. The van der Waals surface area contributed by atoms with Gasteiger partial charge in [0.25, 0.3) is 5.91 Å². The molecular weight excluding hydrogens is 396 g/mol. The average molecular weight is 425 g/mol. The highest BCUT2D eigenvalue weighted by molar-refractivity contribution is 7.88. The van der Waals surface area contributed by atoms with Crippen molar-refractivity contribution in [3.8, 4) is 5.75 Å². The van der Waals surface area contributed by atoms with Gasteiger partial charge in [-0.3, -0.25) is 4.79 Å². The fourth-order valence-corrected chi connectivity index (χ4v) is 5.23. The molecule has 5 heterocycles. The summed E-state index contributed by atoms with van der Waals surface area (Å²) in [5.74, 6) is 1.18. The van der Waals surface area contributed by atoms with Gasteiger partial charge in [0, 0.05) is 31.9 Å². The lowest BCUT2D eigenvalue weighted by molar-refractivity contribution is -0.140. The summed E-state index contributed by atoms with van der Waals surface area (Å²) >= 11 is 0. The smallest absolute Gasteiger partial charge is 0.260 e. The molecule has 0 aromatic carbocycles. The monoisotopic (exact) mass is 424 g/mol. The van der Waals surface area contributed by atoms with Crippen LogP contribution >= 0.6 is 0 Å². The lowest BCUT2D eigenvalue weighted by atomic mass is 9.97. The first kappa shape index (κ1) is 20.4. The highest BCUT2D eigenvalue weighted by atomic mass is 32.2. The molecule has 2 atom stereocenters. The molecule has 4 aliphatic rings. The van der Waals surface area contributed by atoms with Gasteiger partial charge in [0.15, 0.2) is 18.2 Å². The Kier molecular flexibility index (Phi) is 5.93. The molecular formula is C19H28N4O5S. The average Bonchev–Trinajstić information content (AvgIpc) is 2.71. The second-order valence-electron chi connectivity index (χ2n) is 7.93. The number of anilines is 1. The Morgan fingerprint density at radius 3 is 2.76 bits per heavy atom. The van der Waals surface area contributed by atoms with Crippen LogP contribution in [0.1, 0.15) is 25.7 Å². The van der Waals surface area contributed by atoms with E-state index >= 15 is 0 Å². The fourth-order valence-electron chi connectivity index (χ4n) is 4.41. The van der Waals surface area contributed by atoms with Crippen molar-refractivity contribution in [1.29, 1.82) is 0 Å². The predicted octanol–water partition coefficient (Wildman–Crippen LogP) is 0.368. The van der Waals surface area contributed by atoms with Gasteiger partial charge in [-0.1, -0.05) is 0 Å². The Hall–Kier alpha value is -1.91. The minimum Gasteiger partial charge on any atom is -0.480 e. The van der Waals surface area contributed by atoms with Crippen LogP contribution in [-0.4, -0.2) is 81.5 Å². The number of amides is 1. The number of pyridine rings is 1. The molecule has 0 aliphatic carbocycles. The fraction of sp³-hybridized carbons (Fsp3) is 0.684. The SMILES string of the molecule is CS(=O)(=O)N[C@H]1CCCN2C(=O)COc3cccnc3N3CCC(CC3)OC[C@@H]12. The third-order valence-corrected chi connectivity index (χ3v) is 6.54. The molecule has 1 N–H and O–H groups in total. The summed E-state index contributed by atoms with van der Waals surface area (Å²) in [5.41, 5.74) is 0. The minimum atomic E-state index is -3.39. The van der Waals surface area contributed by atoms with E-state index in [0.29, 0.717) is 25.3 Å². The van der Waals surface area contributed by atoms with Crippen LogP contribution in [0.15, 0.2) is 18.3 Å². The van der Waals surface area contributed by atoms with Gasteiger partial charge in [0.1, 0.15) is 0 Å². The normalized spacial score (nSPS) is 28.4. The molecule has 4 aliphatic heterocycles. The standard InChI is InChI=1S/C19H28N4O5S/c1-29(25,26)21-15-4-3-9-23-16(15)12-27-14-6-10-22(11-7-14)19-17(5-2-8-20-19)28-13-18(23)24/h2,5,8,14-16,21H,3-4,6-7,9-13H2,1H3/t15-,16-/m0/s1. The molecule has 2 bridgehead atoms. The van der Waals surface area contributed by atoms with Crippen LogP contribution < -0.4 is 14.4 Å². The number of fused-ring (bicyclic) bond motifs is 5. The van der Waals surface area contributed by atoms with Crippen LogP contribution in [0, 0.1) is 0 Å². The Bertz CT molecular complexity index is 841. The summed E-state index contributed by atoms with van der Waals surface area (Å²) in [6.07, 6.45) is 6.06. The van der Waals surface area contributed by atoms with Gasteiger partial charge >= 0.3 is 0 Å². The van der Waals surface area contributed by atoms with E-state index in [1.54, 1.807) is 17.2 Å². The van der Waals surface area contributed by atoms with Crippen molar-refractivity contribution in [3.05, 3.63) is 18.3 Å². The molecule has 2 saturated heterocycles. The lowest BCUT2D eigenvalue weighted by Gasteiger charge is -2.41. The van der Waals surface area contributed by atoms with Gasteiger partial charge in [-0.25, -0.2) is 18.1 Å². The van der Waals surface area contributed by atoms with Crippen LogP contribution in [0.3, 0.4) is 0 Å². The maximum Gasteiger partial charge on any atom is 0.260 e. The summed E-state index contributed by atoms with van der Waals surface area (Å²) in [6, 6.07) is 2.93. The molecule has 10 heteroatoms. The lowest BCUT2D eigenvalue weighted by Crippen LogP contribution is -2.59. The van der Waals surface area contributed by atoms with E-state index in [4.69, 9.17) is 9.47 Å². The third kappa shape index (κ3) is 4.81. The zero-order valence-corrected chi connectivity index (χ0v) is 17.4. The highest BCUT2D eigenvalue weighted by Crippen LogP contribution is 2.30. The number of nitrogens with one attached hydrogen (secondary N) is 1. The van der Waals surface area contributed by atoms with Crippen LogP contribution in [0.4, 0.5) is 5.82 Å². The topological polar surface area (TPSA) is 101 Å². The maximum absolute atomic E-state index is 13.0. The molecule has 0 unspecified atom stereocenters. The molecule has 1 amide bonds. The van der Waals surface area contributed by atoms with Crippen LogP contribution in [0.5, 0.6) is 5.75 Å². The summed E-state index contributed by atoms with van der Waals surface area (Å²) in [7, 11) is -3.39. The highest BCUT2D eigenvalue weighted by Gasteiger charge is 2.37. The Labute approximate surface area is 171 Å². The first-order valence-electron chi connectivity index (χ1n) is 10.1. The van der Waals surface area contributed by atoms with E-state index in [-0.39, 0.29) is 30.7 Å². The molecule has 9 nitrogen and oxygen atoms in total. The second kappa shape index (κ2) is 8.45. The Morgan fingerprint density at radius 1 is 1.21 bits per heavy atom. The number of hydrogen-bond donors (Lipinski definition) is 1. The molecule has 0 radical (unpaired) electrons. The van der Waals surface area contributed by atoms with Crippen molar-refractivity contribution >= 4 is 21.7 Å². The van der Waals surface area contributed by atoms with Crippen molar-refractivity contribution in [2.45, 2.75) is 43.9 Å². The zero-order chi connectivity index (χ0) is 20.4. The van der Waals surface area contributed by atoms with Gasteiger partial charge in [0.05, 0.1) is 25.0 Å². The van der Waals surface area contributed by atoms with Crippen molar-refractivity contribution in [1.82, 2.24) is 14.6 Å². The summed E-state index contributed by atoms with van der Waals surface area (Å²) in [6.45, 7) is 2.36. The number of rotatable bonds is 2. The Balaban J connectivity index is 1.61. The molecule has 160 valence electrons. The quantitative estimate of drug-likeness (QED) is 0.732. The largest absolute Gasteiger partial charge is 0.480 e. The molecule has 1 aromatic rings. The molecule has 5 rings (SSSR count). The number of aromatic nitrogens is 1. The van der Waals surface area contributed by atoms with Crippen LogP contribution in [0.25, 0.3) is 0 Å². The zero-order valence-electron chi connectivity index (χ0n) is 16.6. The van der Waals surface area contributed by atoms with Crippen LogP contribution in [0.2, 0.25) is 0 Å². The maximum atomic E-state index is 13.0. The number of piperidine rings is 2. The van der Waals surface area contributed by atoms with E-state index in [2.05, 4.69) is 14.6 Å². The van der Waals surface area contributed by atoms with Crippen molar-refractivity contribution in [2.24, 2.45) is 0 Å². The van der Waals surface area contributed by atoms with E-state index < -0.39 is 10.0 Å². The van der Waals surface area contributed by atoms with E-state index in [0.717, 1.165) is 44.4 Å². The van der Waals surface area contributed by atoms with Crippen molar-refractivity contribution < 1.29 is 22.7 Å². The summed E-state index contributed by atoms with van der Waals surface area (Å²) < 4.78 is 38.4. The number of ether oxygens (including phenoxy) is 2. The first-order chi connectivity index (χ1) is 13.9.